The van der Waals surface area contributed by atoms with Gasteiger partial charge in [-0.05, 0) is 12.5 Å². The van der Waals surface area contributed by atoms with E-state index in [1.54, 1.807) is 12.1 Å². The van der Waals surface area contributed by atoms with Crippen LogP contribution in [0.2, 0.25) is 0 Å². The van der Waals surface area contributed by atoms with Crippen molar-refractivity contribution in [1.29, 1.82) is 5.41 Å². The standard InChI is InChI=1S/C11H15N5/c1-8-10(9-6-4-3-5-7-9)14-16(13)15(2)11(8)12/h3-7,12,14H,13H2,1-2H3. The molecule has 2 rings (SSSR count). The lowest BCUT2D eigenvalue weighted by Gasteiger charge is -2.36. The molecule has 0 saturated carbocycles. The topological polar surface area (TPSA) is 68.4 Å². The molecule has 0 saturated heterocycles. The molecule has 4 N–H and O–H groups in total. The van der Waals surface area contributed by atoms with E-state index in [9.17, 15) is 0 Å². The Labute approximate surface area is 94.6 Å². The zero-order valence-electron chi connectivity index (χ0n) is 9.36. The summed E-state index contributed by atoms with van der Waals surface area (Å²) in [6.07, 6.45) is 0. The minimum absolute atomic E-state index is 0.389. The van der Waals surface area contributed by atoms with E-state index in [0.29, 0.717) is 5.84 Å². The van der Waals surface area contributed by atoms with Crippen molar-refractivity contribution in [2.75, 3.05) is 7.05 Å². The van der Waals surface area contributed by atoms with E-state index in [0.717, 1.165) is 16.8 Å². The van der Waals surface area contributed by atoms with Crippen LogP contribution in [0.4, 0.5) is 0 Å². The van der Waals surface area contributed by atoms with Crippen LogP contribution in [0.3, 0.4) is 0 Å². The largest absolute Gasteiger partial charge is 0.286 e. The number of nitrogens with zero attached hydrogens (tertiary/aromatic N) is 2. The Hall–Kier alpha value is -1.85. The molecule has 0 aromatic heterocycles. The monoisotopic (exact) mass is 217 g/mol. The molecule has 5 nitrogen and oxygen atoms in total. The third-order valence-electron chi connectivity index (χ3n) is 2.67. The SMILES string of the molecule is CC1=C(c2ccccc2)NN(N)N(C)C1=N. The first-order valence-corrected chi connectivity index (χ1v) is 5.01. The molecule has 0 fully saturated rings. The number of rotatable bonds is 1. The Balaban J connectivity index is 2.45. The normalized spacial score (nSPS) is 17.7. The number of hydrazine groups is 3. The predicted molar refractivity (Wildman–Crippen MR) is 63.7 cm³/mol. The van der Waals surface area contributed by atoms with E-state index >= 15 is 0 Å². The smallest absolute Gasteiger partial charge is 0.142 e. The lowest BCUT2D eigenvalue weighted by molar-refractivity contribution is 0.0272. The summed E-state index contributed by atoms with van der Waals surface area (Å²) in [5.74, 6) is 6.12. The number of benzene rings is 1. The minimum atomic E-state index is 0.389. The molecule has 0 atom stereocenters. The summed E-state index contributed by atoms with van der Waals surface area (Å²) in [6.45, 7) is 1.90. The summed E-state index contributed by atoms with van der Waals surface area (Å²) in [5, 5.41) is 10.8. The van der Waals surface area contributed by atoms with E-state index < -0.39 is 0 Å². The molecule has 84 valence electrons. The number of nitrogens with one attached hydrogen (secondary N) is 2. The Morgan fingerprint density at radius 2 is 1.88 bits per heavy atom. The van der Waals surface area contributed by atoms with Crippen molar-refractivity contribution >= 4 is 11.5 Å². The second-order valence-corrected chi connectivity index (χ2v) is 3.69. The fourth-order valence-electron chi connectivity index (χ4n) is 1.63. The van der Waals surface area contributed by atoms with Crippen molar-refractivity contribution in [2.45, 2.75) is 6.92 Å². The van der Waals surface area contributed by atoms with Crippen LogP contribution in [0.25, 0.3) is 5.70 Å². The van der Waals surface area contributed by atoms with Gasteiger partial charge in [-0.2, -0.15) is 0 Å². The first-order chi connectivity index (χ1) is 7.61. The van der Waals surface area contributed by atoms with Gasteiger partial charge in [-0.25, -0.2) is 5.84 Å². The molecule has 1 aromatic rings. The summed E-state index contributed by atoms with van der Waals surface area (Å²) in [7, 11) is 1.74. The molecule has 0 radical (unpaired) electrons. The van der Waals surface area contributed by atoms with Gasteiger partial charge in [0.15, 0.2) is 0 Å². The van der Waals surface area contributed by atoms with Crippen LogP contribution in [0, 0.1) is 5.41 Å². The van der Waals surface area contributed by atoms with Gasteiger partial charge in [-0.3, -0.25) is 15.8 Å². The fraction of sp³-hybridized carbons (Fsp3) is 0.182. The number of hydrogen-bond donors (Lipinski definition) is 3. The van der Waals surface area contributed by atoms with Crippen LogP contribution in [-0.2, 0) is 0 Å². The van der Waals surface area contributed by atoms with Crippen molar-refractivity contribution < 1.29 is 0 Å². The molecule has 0 bridgehead atoms. The Bertz CT molecular complexity index is 437. The third kappa shape index (κ3) is 1.66. The molecule has 1 aliphatic heterocycles. The maximum atomic E-state index is 7.92. The number of amidine groups is 1. The van der Waals surface area contributed by atoms with Crippen molar-refractivity contribution in [3.63, 3.8) is 0 Å². The molecule has 1 aromatic carbocycles. The molecule has 1 aliphatic rings. The third-order valence-corrected chi connectivity index (χ3v) is 2.67. The van der Waals surface area contributed by atoms with Crippen molar-refractivity contribution in [3.05, 3.63) is 41.5 Å². The van der Waals surface area contributed by atoms with E-state index in [-0.39, 0.29) is 0 Å². The van der Waals surface area contributed by atoms with Crippen LogP contribution in [0.1, 0.15) is 12.5 Å². The van der Waals surface area contributed by atoms with Crippen LogP contribution in [0.15, 0.2) is 35.9 Å². The highest BCUT2D eigenvalue weighted by Crippen LogP contribution is 2.20. The Morgan fingerprint density at radius 1 is 1.25 bits per heavy atom. The second kappa shape index (κ2) is 3.96. The van der Waals surface area contributed by atoms with E-state index in [1.807, 2.05) is 37.3 Å². The molecule has 0 amide bonds. The van der Waals surface area contributed by atoms with Crippen LogP contribution in [-0.4, -0.2) is 23.1 Å². The number of hydrogen-bond acceptors (Lipinski definition) is 4. The minimum Gasteiger partial charge on any atom is -0.286 e. The van der Waals surface area contributed by atoms with Gasteiger partial charge < -0.3 is 0 Å². The van der Waals surface area contributed by atoms with E-state index in [2.05, 4.69) is 5.43 Å². The number of likely N-dealkylation sites (N-methyl/N-ethyl adjacent to an activating group) is 1. The zero-order chi connectivity index (χ0) is 11.7. The molecule has 0 spiro atoms. The first-order valence-electron chi connectivity index (χ1n) is 5.01. The molecule has 16 heavy (non-hydrogen) atoms. The summed E-state index contributed by atoms with van der Waals surface area (Å²) in [6, 6.07) is 9.84. The van der Waals surface area contributed by atoms with E-state index in [1.165, 1.54) is 5.23 Å². The second-order valence-electron chi connectivity index (χ2n) is 3.69. The molecule has 0 unspecified atom stereocenters. The van der Waals surface area contributed by atoms with Gasteiger partial charge in [-0.1, -0.05) is 35.6 Å². The van der Waals surface area contributed by atoms with Crippen molar-refractivity contribution in [2.24, 2.45) is 5.84 Å². The zero-order valence-corrected chi connectivity index (χ0v) is 9.36. The van der Waals surface area contributed by atoms with Crippen molar-refractivity contribution in [1.82, 2.24) is 15.7 Å². The van der Waals surface area contributed by atoms with Crippen LogP contribution in [0.5, 0.6) is 0 Å². The maximum Gasteiger partial charge on any atom is 0.142 e. The molecular weight excluding hydrogens is 202 g/mol. The van der Waals surface area contributed by atoms with Gasteiger partial charge in [0.05, 0.1) is 5.70 Å². The summed E-state index contributed by atoms with van der Waals surface area (Å²) < 4.78 is 0. The fourth-order valence-corrected chi connectivity index (χ4v) is 1.63. The molecule has 5 heteroatoms. The summed E-state index contributed by atoms with van der Waals surface area (Å²) in [4.78, 5) is 0. The van der Waals surface area contributed by atoms with Crippen LogP contribution >= 0.6 is 0 Å². The predicted octanol–water partition coefficient (Wildman–Crippen LogP) is 0.936. The maximum absolute atomic E-state index is 7.92. The highest BCUT2D eigenvalue weighted by atomic mass is 15.9. The van der Waals surface area contributed by atoms with Gasteiger partial charge in [0, 0.05) is 12.6 Å². The molecular formula is C11H15N5. The molecule has 1 heterocycles. The first kappa shape index (κ1) is 10.7. The average Bonchev–Trinajstić information content (AvgIpc) is 2.32. The number of nitrogens with two attached hydrogens (primary N) is 1. The highest BCUT2D eigenvalue weighted by Gasteiger charge is 2.23. The lowest BCUT2D eigenvalue weighted by atomic mass is 10.1. The summed E-state index contributed by atoms with van der Waals surface area (Å²) >= 11 is 0. The van der Waals surface area contributed by atoms with Gasteiger partial charge >= 0.3 is 0 Å². The van der Waals surface area contributed by atoms with Gasteiger partial charge in [-0.15, -0.1) is 0 Å². The lowest BCUT2D eigenvalue weighted by Crippen LogP contribution is -2.58. The Kier molecular flexibility index (Phi) is 2.64. The van der Waals surface area contributed by atoms with Crippen LogP contribution < -0.4 is 11.3 Å². The summed E-state index contributed by atoms with van der Waals surface area (Å²) in [5.41, 5.74) is 5.80. The highest BCUT2D eigenvalue weighted by molar-refractivity contribution is 6.02. The van der Waals surface area contributed by atoms with Gasteiger partial charge in [0.2, 0.25) is 0 Å². The van der Waals surface area contributed by atoms with Gasteiger partial charge in [0.1, 0.15) is 5.84 Å². The molecule has 0 aliphatic carbocycles. The Morgan fingerprint density at radius 3 is 2.50 bits per heavy atom. The van der Waals surface area contributed by atoms with Crippen molar-refractivity contribution in [3.8, 4) is 0 Å². The van der Waals surface area contributed by atoms with Gasteiger partial charge in [0.25, 0.3) is 0 Å². The average molecular weight is 217 g/mol. The quantitative estimate of drug-likeness (QED) is 0.612. The van der Waals surface area contributed by atoms with E-state index in [4.69, 9.17) is 11.3 Å².